The molecule has 0 bridgehead atoms. The minimum absolute atomic E-state index is 0.00335. The second kappa shape index (κ2) is 15.0. The van der Waals surface area contributed by atoms with Gasteiger partial charge in [-0.1, -0.05) is 43.3 Å². The van der Waals surface area contributed by atoms with Crippen molar-refractivity contribution in [1.29, 1.82) is 0 Å². The van der Waals surface area contributed by atoms with Crippen LogP contribution in [0.4, 0.5) is 17.6 Å². The van der Waals surface area contributed by atoms with Gasteiger partial charge in [-0.05, 0) is 87.6 Å². The molecular formula is C33H35ClF4N4O4S2. The first kappa shape index (κ1) is 37.4. The van der Waals surface area contributed by atoms with Crippen molar-refractivity contribution in [2.45, 2.75) is 54.0 Å². The summed E-state index contributed by atoms with van der Waals surface area (Å²) >= 11 is 7.02. The Morgan fingerprint density at radius 3 is 2.19 bits per heavy atom. The number of carboxylic acids is 1. The number of hydrogen-bond donors (Lipinski definition) is 1. The molecule has 3 aromatic carbocycles. The second-order valence-electron chi connectivity index (χ2n) is 12.0. The Bertz CT molecular complexity index is 1880. The Balaban J connectivity index is 1.66. The first-order valence-electron chi connectivity index (χ1n) is 14.7. The van der Waals surface area contributed by atoms with Crippen LogP contribution in [0.3, 0.4) is 0 Å². The molecule has 0 saturated heterocycles. The molecule has 0 spiro atoms. The van der Waals surface area contributed by atoms with E-state index in [0.717, 1.165) is 18.8 Å². The van der Waals surface area contributed by atoms with Gasteiger partial charge in [-0.3, -0.25) is 9.36 Å². The number of carboxylic acid groups (broad SMARTS) is 1. The smallest absolute Gasteiger partial charge is 0.322 e. The van der Waals surface area contributed by atoms with Gasteiger partial charge in [0.2, 0.25) is 10.0 Å². The third kappa shape index (κ3) is 8.05. The van der Waals surface area contributed by atoms with Crippen LogP contribution in [-0.4, -0.2) is 72.0 Å². The zero-order chi connectivity index (χ0) is 35.6. The number of hydrogen-bond acceptors (Lipinski definition) is 6. The molecule has 48 heavy (non-hydrogen) atoms. The highest BCUT2D eigenvalue weighted by Crippen LogP contribution is 2.38. The second-order valence-corrected chi connectivity index (χ2v) is 15.3. The Kier molecular flexibility index (Phi) is 11.7. The zero-order valence-corrected chi connectivity index (χ0v) is 29.2. The molecule has 1 heterocycles. The topological polar surface area (TPSA) is 95.7 Å². The van der Waals surface area contributed by atoms with E-state index in [1.54, 1.807) is 30.9 Å². The molecule has 4 aromatic rings. The third-order valence-electron chi connectivity index (χ3n) is 8.04. The highest BCUT2D eigenvalue weighted by atomic mass is 35.5. The number of aliphatic carboxylic acids is 1. The molecule has 0 radical (unpaired) electrons. The predicted octanol–water partition coefficient (Wildman–Crippen LogP) is 7.12. The maximum absolute atomic E-state index is 15.4. The van der Waals surface area contributed by atoms with Crippen molar-refractivity contribution in [1.82, 2.24) is 18.8 Å². The lowest BCUT2D eigenvalue weighted by atomic mass is 9.81. The Morgan fingerprint density at radius 2 is 1.62 bits per heavy atom. The highest BCUT2D eigenvalue weighted by molar-refractivity contribution is 7.98. The zero-order valence-electron chi connectivity index (χ0n) is 26.8. The molecule has 0 aliphatic heterocycles. The molecule has 0 aliphatic carbocycles. The third-order valence-corrected chi connectivity index (χ3v) is 11.2. The molecule has 1 atom stereocenters. The summed E-state index contributed by atoms with van der Waals surface area (Å²) in [6, 6.07) is 9.75. The van der Waals surface area contributed by atoms with E-state index in [0.29, 0.717) is 46.3 Å². The van der Waals surface area contributed by atoms with Crippen molar-refractivity contribution in [3.8, 4) is 5.69 Å². The number of thioether (sulfide) groups is 1. The Morgan fingerprint density at radius 1 is 1.00 bits per heavy atom. The van der Waals surface area contributed by atoms with Gasteiger partial charge in [0.15, 0.2) is 5.16 Å². The van der Waals surface area contributed by atoms with E-state index < -0.39 is 61.2 Å². The lowest BCUT2D eigenvalue weighted by Crippen LogP contribution is -2.42. The first-order valence-corrected chi connectivity index (χ1v) is 17.5. The fraction of sp³-hybridized carbons (Fsp3) is 0.333. The fourth-order valence-electron chi connectivity index (χ4n) is 5.15. The van der Waals surface area contributed by atoms with Crippen LogP contribution in [0.25, 0.3) is 5.69 Å². The summed E-state index contributed by atoms with van der Waals surface area (Å²) in [6.45, 7) is 4.23. The minimum Gasteiger partial charge on any atom is -0.480 e. The normalized spacial score (nSPS) is 13.0. The standard InChI is InChI=1S/C33H35ClF4N4O4S2/c1-33(2,20-8-13-26(36)25(34)15-20)30-18-39-32(42(30)22-11-9-21(35)10-12-22)47-19-24-27(37)16-23(17-28(24)38)48(45,46)41(5)29(31(43)44)7-6-14-40(3)4/h8-13,15-18,29H,6-7,14,19H2,1-5H3,(H,43,44). The molecule has 0 saturated carbocycles. The number of carbonyl (C=O) groups is 1. The highest BCUT2D eigenvalue weighted by Gasteiger charge is 2.34. The quantitative estimate of drug-likeness (QED) is 0.109. The van der Waals surface area contributed by atoms with Crippen LogP contribution in [0.1, 0.15) is 43.5 Å². The Labute approximate surface area is 286 Å². The van der Waals surface area contributed by atoms with E-state index >= 15 is 8.78 Å². The number of nitrogens with zero attached hydrogens (tertiary/aromatic N) is 4. The number of likely N-dealkylation sites (N-methyl/N-ethyl adjacent to an activating group) is 1. The number of sulfonamides is 1. The van der Waals surface area contributed by atoms with Gasteiger partial charge >= 0.3 is 5.97 Å². The molecule has 8 nitrogen and oxygen atoms in total. The molecule has 1 N–H and O–H groups in total. The SMILES string of the molecule is CN(C)CCCC(C(=O)O)N(C)S(=O)(=O)c1cc(F)c(CSc2ncc(C(C)(C)c3ccc(F)c(Cl)c3)n2-c2ccc(F)cc2)c(F)c1. The molecule has 0 amide bonds. The van der Waals surface area contributed by atoms with Gasteiger partial charge in [-0.25, -0.2) is 31.0 Å². The van der Waals surface area contributed by atoms with Crippen LogP contribution in [0.2, 0.25) is 5.02 Å². The molecule has 4 rings (SSSR count). The van der Waals surface area contributed by atoms with E-state index in [9.17, 15) is 27.1 Å². The summed E-state index contributed by atoms with van der Waals surface area (Å²) < 4.78 is 87.6. The van der Waals surface area contributed by atoms with Crippen LogP contribution in [0, 0.1) is 23.3 Å². The minimum atomic E-state index is -4.58. The van der Waals surface area contributed by atoms with Crippen molar-refractivity contribution < 1.29 is 35.9 Å². The summed E-state index contributed by atoms with van der Waals surface area (Å²) in [7, 11) is 0.0719. The van der Waals surface area contributed by atoms with Crippen LogP contribution >= 0.6 is 23.4 Å². The van der Waals surface area contributed by atoms with Crippen LogP contribution in [-0.2, 0) is 26.0 Å². The van der Waals surface area contributed by atoms with E-state index in [4.69, 9.17) is 11.6 Å². The molecule has 1 aromatic heterocycles. The summed E-state index contributed by atoms with van der Waals surface area (Å²) in [5, 5.41) is 9.90. The van der Waals surface area contributed by atoms with Crippen molar-refractivity contribution in [2.24, 2.45) is 0 Å². The average Bonchev–Trinajstić information content (AvgIpc) is 3.44. The first-order chi connectivity index (χ1) is 22.4. The molecule has 0 aliphatic rings. The van der Waals surface area contributed by atoms with Crippen molar-refractivity contribution in [2.75, 3.05) is 27.7 Å². The fourth-order valence-corrected chi connectivity index (χ4v) is 7.71. The van der Waals surface area contributed by atoms with Crippen LogP contribution in [0.15, 0.2) is 70.8 Å². The molecule has 258 valence electrons. The van der Waals surface area contributed by atoms with Gasteiger partial charge in [0.05, 0.1) is 21.8 Å². The number of halogens is 5. The lowest BCUT2D eigenvalue weighted by Gasteiger charge is -2.27. The number of benzene rings is 3. The van der Waals surface area contributed by atoms with E-state index in [2.05, 4.69) is 4.98 Å². The number of rotatable bonds is 14. The largest absolute Gasteiger partial charge is 0.480 e. The van der Waals surface area contributed by atoms with Crippen LogP contribution in [0.5, 0.6) is 0 Å². The predicted molar refractivity (Wildman–Crippen MR) is 177 cm³/mol. The van der Waals surface area contributed by atoms with E-state index in [-0.39, 0.29) is 22.4 Å². The van der Waals surface area contributed by atoms with Crippen LogP contribution < -0.4 is 0 Å². The van der Waals surface area contributed by atoms with E-state index in [1.807, 2.05) is 18.7 Å². The number of imidazole rings is 1. The maximum atomic E-state index is 15.4. The van der Waals surface area contributed by atoms with Gasteiger partial charge < -0.3 is 10.0 Å². The summed E-state index contributed by atoms with van der Waals surface area (Å²) in [6.07, 6.45) is 1.93. The van der Waals surface area contributed by atoms with Gasteiger partial charge in [0.25, 0.3) is 0 Å². The lowest BCUT2D eigenvalue weighted by molar-refractivity contribution is -0.141. The molecule has 15 heteroatoms. The maximum Gasteiger partial charge on any atom is 0.322 e. The molecule has 1 unspecified atom stereocenters. The van der Waals surface area contributed by atoms with Gasteiger partial charge in [-0.15, -0.1) is 0 Å². The van der Waals surface area contributed by atoms with Crippen molar-refractivity contribution in [3.63, 3.8) is 0 Å². The van der Waals surface area contributed by atoms with Gasteiger partial charge in [-0.2, -0.15) is 4.31 Å². The van der Waals surface area contributed by atoms with Crippen molar-refractivity contribution >= 4 is 39.4 Å². The van der Waals surface area contributed by atoms with Crippen molar-refractivity contribution in [3.05, 3.63) is 106 Å². The van der Waals surface area contributed by atoms with Gasteiger partial charge in [0.1, 0.15) is 29.3 Å². The summed E-state index contributed by atoms with van der Waals surface area (Å²) in [5.74, 6) is -5.04. The van der Waals surface area contributed by atoms with E-state index in [1.165, 1.54) is 36.4 Å². The molecular weight excluding hydrogens is 692 g/mol. The number of aromatic nitrogens is 2. The summed E-state index contributed by atoms with van der Waals surface area (Å²) in [5.41, 5.74) is 0.480. The summed E-state index contributed by atoms with van der Waals surface area (Å²) in [4.78, 5) is 17.5. The average molecular weight is 727 g/mol. The van der Waals surface area contributed by atoms with Gasteiger partial charge in [0, 0.05) is 29.5 Å². The molecule has 0 fully saturated rings. The monoisotopic (exact) mass is 726 g/mol. The Hall–Kier alpha value is -3.43.